The lowest BCUT2D eigenvalue weighted by molar-refractivity contribution is -0.120. The van der Waals surface area contributed by atoms with Gasteiger partial charge >= 0.3 is 0 Å². The number of amides is 1. The molecule has 0 heterocycles. The fraction of sp³-hybridized carbons (Fsp3) is 0.500. The lowest BCUT2D eigenvalue weighted by Crippen LogP contribution is -2.19. The predicted molar refractivity (Wildman–Crippen MR) is 85.1 cm³/mol. The summed E-state index contributed by atoms with van der Waals surface area (Å²) in [6, 6.07) is 10.2. The molecule has 1 fully saturated rings. The van der Waals surface area contributed by atoms with Crippen LogP contribution in [0.3, 0.4) is 0 Å². The first-order chi connectivity index (χ1) is 9.84. The monoisotopic (exact) mass is 290 g/mol. The molecule has 4 heteroatoms. The van der Waals surface area contributed by atoms with E-state index in [1.807, 2.05) is 18.2 Å². The summed E-state index contributed by atoms with van der Waals surface area (Å²) in [6.45, 7) is 0. The SMILES string of the molecule is O=C(CCSc1ccccc1)NN=C1CCCCCC1. The first kappa shape index (κ1) is 15.1. The van der Waals surface area contributed by atoms with Crippen molar-refractivity contribution >= 4 is 23.4 Å². The van der Waals surface area contributed by atoms with Gasteiger partial charge in [0.05, 0.1) is 0 Å². The van der Waals surface area contributed by atoms with E-state index in [4.69, 9.17) is 0 Å². The molecule has 3 nitrogen and oxygen atoms in total. The number of carbonyl (C=O) groups is 1. The molecule has 0 atom stereocenters. The van der Waals surface area contributed by atoms with Crippen molar-refractivity contribution < 1.29 is 4.79 Å². The van der Waals surface area contributed by atoms with Gasteiger partial charge in [0.2, 0.25) is 5.91 Å². The zero-order valence-electron chi connectivity index (χ0n) is 11.8. The number of thioether (sulfide) groups is 1. The highest BCUT2D eigenvalue weighted by molar-refractivity contribution is 7.99. The van der Waals surface area contributed by atoms with E-state index in [1.54, 1.807) is 11.8 Å². The minimum atomic E-state index is 0.0187. The molecule has 1 aliphatic carbocycles. The van der Waals surface area contributed by atoms with Crippen LogP contribution in [0, 0.1) is 0 Å². The fourth-order valence-corrected chi connectivity index (χ4v) is 3.10. The van der Waals surface area contributed by atoms with Crippen LogP contribution < -0.4 is 5.43 Å². The lowest BCUT2D eigenvalue weighted by Gasteiger charge is -2.04. The van der Waals surface area contributed by atoms with Gasteiger partial charge in [-0.3, -0.25) is 4.79 Å². The number of nitrogens with one attached hydrogen (secondary N) is 1. The van der Waals surface area contributed by atoms with Crippen molar-refractivity contribution in [3.63, 3.8) is 0 Å². The fourth-order valence-electron chi connectivity index (χ4n) is 2.22. The first-order valence-electron chi connectivity index (χ1n) is 7.37. The molecule has 0 unspecified atom stereocenters. The third kappa shape index (κ3) is 5.78. The van der Waals surface area contributed by atoms with Gasteiger partial charge in [0.25, 0.3) is 0 Å². The van der Waals surface area contributed by atoms with Gasteiger partial charge in [-0.05, 0) is 37.8 Å². The summed E-state index contributed by atoms with van der Waals surface area (Å²) in [5.74, 6) is 0.811. The van der Waals surface area contributed by atoms with Crippen molar-refractivity contribution in [3.8, 4) is 0 Å². The topological polar surface area (TPSA) is 41.5 Å². The largest absolute Gasteiger partial charge is 0.273 e. The van der Waals surface area contributed by atoms with E-state index in [0.717, 1.165) is 24.3 Å². The van der Waals surface area contributed by atoms with Crippen molar-refractivity contribution in [1.82, 2.24) is 5.43 Å². The Bertz CT molecular complexity index is 435. The number of hydrogen-bond donors (Lipinski definition) is 1. The highest BCUT2D eigenvalue weighted by Gasteiger charge is 2.06. The standard InChI is InChI=1S/C16H22N2OS/c19-16(12-13-20-15-10-6-3-7-11-15)18-17-14-8-4-1-2-5-9-14/h3,6-7,10-11H,1-2,4-5,8-9,12-13H2,(H,18,19). The molecule has 1 saturated carbocycles. The zero-order chi connectivity index (χ0) is 14.0. The summed E-state index contributed by atoms with van der Waals surface area (Å²) < 4.78 is 0. The molecular formula is C16H22N2OS. The molecule has 0 aromatic heterocycles. The summed E-state index contributed by atoms with van der Waals surface area (Å²) in [5.41, 5.74) is 3.86. The minimum absolute atomic E-state index is 0.0187. The van der Waals surface area contributed by atoms with Crippen LogP contribution in [-0.4, -0.2) is 17.4 Å². The molecule has 2 rings (SSSR count). The number of carbonyl (C=O) groups excluding carboxylic acids is 1. The summed E-state index contributed by atoms with van der Waals surface area (Å²) >= 11 is 1.70. The third-order valence-electron chi connectivity index (χ3n) is 3.36. The van der Waals surface area contributed by atoms with Crippen molar-refractivity contribution in [1.29, 1.82) is 0 Å². The van der Waals surface area contributed by atoms with Gasteiger partial charge in [-0.25, -0.2) is 5.43 Å². The summed E-state index contributed by atoms with van der Waals surface area (Å²) in [7, 11) is 0. The third-order valence-corrected chi connectivity index (χ3v) is 4.37. The molecule has 1 aliphatic rings. The van der Waals surface area contributed by atoms with Crippen LogP contribution in [0.1, 0.15) is 44.9 Å². The number of rotatable bonds is 5. The molecule has 0 saturated heterocycles. The Hall–Kier alpha value is -1.29. The average molecular weight is 290 g/mol. The first-order valence-corrected chi connectivity index (χ1v) is 8.35. The molecule has 0 aliphatic heterocycles. The molecule has 0 radical (unpaired) electrons. The van der Waals surface area contributed by atoms with Gasteiger partial charge in [-0.1, -0.05) is 31.0 Å². The van der Waals surface area contributed by atoms with Gasteiger partial charge in [0.15, 0.2) is 0 Å². The minimum Gasteiger partial charge on any atom is -0.273 e. The van der Waals surface area contributed by atoms with Crippen LogP contribution in [0.15, 0.2) is 40.3 Å². The van der Waals surface area contributed by atoms with Gasteiger partial charge in [0, 0.05) is 22.8 Å². The number of hydrazone groups is 1. The zero-order valence-corrected chi connectivity index (χ0v) is 12.6. The second kappa shape index (κ2) is 8.80. The van der Waals surface area contributed by atoms with Gasteiger partial charge < -0.3 is 0 Å². The second-order valence-electron chi connectivity index (χ2n) is 5.04. The Labute approximate surface area is 125 Å². The Morgan fingerprint density at radius 1 is 1.10 bits per heavy atom. The number of benzene rings is 1. The van der Waals surface area contributed by atoms with Crippen molar-refractivity contribution in [2.24, 2.45) is 5.10 Å². The smallest absolute Gasteiger partial charge is 0.240 e. The van der Waals surface area contributed by atoms with E-state index in [-0.39, 0.29) is 5.91 Å². The van der Waals surface area contributed by atoms with Crippen LogP contribution in [0.25, 0.3) is 0 Å². The van der Waals surface area contributed by atoms with Gasteiger partial charge in [0.1, 0.15) is 0 Å². The molecule has 1 aromatic carbocycles. The Balaban J connectivity index is 1.66. The van der Waals surface area contributed by atoms with E-state index < -0.39 is 0 Å². The van der Waals surface area contributed by atoms with E-state index in [1.165, 1.54) is 30.6 Å². The van der Waals surface area contributed by atoms with Crippen LogP contribution >= 0.6 is 11.8 Å². The van der Waals surface area contributed by atoms with Crippen LogP contribution in [0.2, 0.25) is 0 Å². The van der Waals surface area contributed by atoms with Crippen LogP contribution in [0.5, 0.6) is 0 Å². The second-order valence-corrected chi connectivity index (χ2v) is 6.21. The molecule has 1 amide bonds. The maximum atomic E-state index is 11.7. The number of nitrogens with zero attached hydrogens (tertiary/aromatic N) is 1. The van der Waals surface area contributed by atoms with Gasteiger partial charge in [-0.2, -0.15) is 5.10 Å². The van der Waals surface area contributed by atoms with E-state index in [0.29, 0.717) is 6.42 Å². The van der Waals surface area contributed by atoms with Crippen LogP contribution in [-0.2, 0) is 4.79 Å². The van der Waals surface area contributed by atoms with Crippen molar-refractivity contribution in [2.45, 2.75) is 49.8 Å². The van der Waals surface area contributed by atoms with E-state index in [9.17, 15) is 4.79 Å². The lowest BCUT2D eigenvalue weighted by atomic mass is 10.2. The van der Waals surface area contributed by atoms with E-state index in [2.05, 4.69) is 22.7 Å². The molecule has 108 valence electrons. The molecular weight excluding hydrogens is 268 g/mol. The molecule has 0 bridgehead atoms. The highest BCUT2D eigenvalue weighted by Crippen LogP contribution is 2.17. The molecule has 1 aromatic rings. The highest BCUT2D eigenvalue weighted by atomic mass is 32.2. The summed E-state index contributed by atoms with van der Waals surface area (Å²) in [6.07, 6.45) is 7.59. The summed E-state index contributed by atoms with van der Waals surface area (Å²) in [4.78, 5) is 12.9. The van der Waals surface area contributed by atoms with Crippen molar-refractivity contribution in [3.05, 3.63) is 30.3 Å². The maximum absolute atomic E-state index is 11.7. The normalized spacial score (nSPS) is 15.5. The molecule has 1 N–H and O–H groups in total. The van der Waals surface area contributed by atoms with E-state index >= 15 is 0 Å². The van der Waals surface area contributed by atoms with Crippen LogP contribution in [0.4, 0.5) is 0 Å². The molecule has 0 spiro atoms. The number of hydrogen-bond acceptors (Lipinski definition) is 3. The quantitative estimate of drug-likeness (QED) is 0.506. The maximum Gasteiger partial charge on any atom is 0.240 e. The molecule has 20 heavy (non-hydrogen) atoms. The summed E-state index contributed by atoms with van der Waals surface area (Å²) in [5, 5.41) is 4.28. The average Bonchev–Trinajstić information content (AvgIpc) is 2.75. The van der Waals surface area contributed by atoms with Crippen molar-refractivity contribution in [2.75, 3.05) is 5.75 Å². The Kier molecular flexibility index (Phi) is 6.64. The Morgan fingerprint density at radius 2 is 1.80 bits per heavy atom. The Morgan fingerprint density at radius 3 is 2.50 bits per heavy atom. The predicted octanol–water partition coefficient (Wildman–Crippen LogP) is 4.00. The van der Waals surface area contributed by atoms with Gasteiger partial charge in [-0.15, -0.1) is 11.8 Å².